The normalized spacial score (nSPS) is 10.7. The van der Waals surface area contributed by atoms with Crippen LogP contribution in [0.25, 0.3) is 0 Å². The Bertz CT molecular complexity index is 573. The van der Waals surface area contributed by atoms with Crippen molar-refractivity contribution in [3.05, 3.63) is 28.2 Å². The molecule has 0 aromatic heterocycles. The average Bonchev–Trinajstić information content (AvgIpc) is 2.37. The zero-order valence-electron chi connectivity index (χ0n) is 11.0. The van der Waals surface area contributed by atoms with Crippen molar-refractivity contribution < 1.29 is 8.42 Å². The van der Waals surface area contributed by atoms with Crippen molar-refractivity contribution in [1.29, 1.82) is 5.26 Å². The highest BCUT2D eigenvalue weighted by Gasteiger charge is 2.14. The van der Waals surface area contributed by atoms with E-state index in [0.717, 1.165) is 13.0 Å². The third-order valence-electron chi connectivity index (χ3n) is 2.33. The number of hydrogen-bond acceptors (Lipinski definition) is 4. The second-order valence-corrected chi connectivity index (χ2v) is 6.62. The lowest BCUT2D eigenvalue weighted by Crippen LogP contribution is -2.32. The summed E-state index contributed by atoms with van der Waals surface area (Å²) in [6, 6.07) is 6.33. The van der Waals surface area contributed by atoms with E-state index in [0.29, 0.717) is 23.1 Å². The fourth-order valence-electron chi connectivity index (χ4n) is 1.44. The molecule has 20 heavy (non-hydrogen) atoms. The Labute approximate surface area is 134 Å². The summed E-state index contributed by atoms with van der Waals surface area (Å²) in [4.78, 5) is 0.0916. The minimum Gasteiger partial charge on any atom is -0.315 e. The molecule has 0 fully saturated rings. The number of hydrogen-bond donors (Lipinski definition) is 2. The van der Waals surface area contributed by atoms with Crippen LogP contribution in [0, 0.1) is 11.3 Å². The highest BCUT2D eigenvalue weighted by molar-refractivity contribution is 9.10. The van der Waals surface area contributed by atoms with Gasteiger partial charge in [-0.05, 0) is 31.2 Å². The van der Waals surface area contributed by atoms with Gasteiger partial charge in [0, 0.05) is 17.6 Å². The van der Waals surface area contributed by atoms with E-state index in [1.54, 1.807) is 6.07 Å². The van der Waals surface area contributed by atoms with Crippen molar-refractivity contribution in [2.24, 2.45) is 0 Å². The van der Waals surface area contributed by atoms with Crippen LogP contribution in [0.15, 0.2) is 27.6 Å². The molecule has 1 aromatic carbocycles. The summed E-state index contributed by atoms with van der Waals surface area (Å²) in [5.41, 5.74) is 0.304. The maximum absolute atomic E-state index is 12.0. The maximum atomic E-state index is 12.0. The van der Waals surface area contributed by atoms with Crippen LogP contribution in [0.2, 0.25) is 0 Å². The quantitative estimate of drug-likeness (QED) is 0.707. The molecule has 0 atom stereocenters. The lowest BCUT2D eigenvalue weighted by Gasteiger charge is -2.08. The van der Waals surface area contributed by atoms with Crippen molar-refractivity contribution in [2.45, 2.75) is 18.2 Å². The number of nitriles is 1. The molecule has 0 radical (unpaired) electrons. The summed E-state index contributed by atoms with van der Waals surface area (Å²) in [5.74, 6) is 0. The van der Waals surface area contributed by atoms with E-state index >= 15 is 0 Å². The Morgan fingerprint density at radius 2 is 1.95 bits per heavy atom. The van der Waals surface area contributed by atoms with Crippen LogP contribution in [-0.4, -0.2) is 28.1 Å². The first-order valence-corrected chi connectivity index (χ1v) is 8.18. The molecule has 8 heteroatoms. The summed E-state index contributed by atoms with van der Waals surface area (Å²) in [6.45, 7) is 3.79. The molecule has 0 heterocycles. The smallest absolute Gasteiger partial charge is 0.240 e. The molecule has 0 aliphatic heterocycles. The van der Waals surface area contributed by atoms with Gasteiger partial charge in [0.05, 0.1) is 16.5 Å². The van der Waals surface area contributed by atoms with Crippen LogP contribution in [0.3, 0.4) is 0 Å². The zero-order valence-corrected chi connectivity index (χ0v) is 14.2. The molecule has 0 bridgehead atoms. The van der Waals surface area contributed by atoms with Gasteiger partial charge in [-0.1, -0.05) is 22.9 Å². The number of benzene rings is 1. The monoisotopic (exact) mass is 381 g/mol. The molecular formula is C12H17BrClN3O2S. The molecule has 0 unspecified atom stereocenters. The summed E-state index contributed by atoms with van der Waals surface area (Å²) < 4.78 is 27.1. The van der Waals surface area contributed by atoms with Crippen LogP contribution in [0.1, 0.15) is 18.9 Å². The Morgan fingerprint density at radius 3 is 2.55 bits per heavy atom. The lowest BCUT2D eigenvalue weighted by atomic mass is 10.2. The highest BCUT2D eigenvalue weighted by atomic mass is 79.9. The Hall–Kier alpha value is -0.650. The molecule has 0 spiro atoms. The van der Waals surface area contributed by atoms with Gasteiger partial charge < -0.3 is 5.32 Å². The Kier molecular flexibility index (Phi) is 9.01. The van der Waals surface area contributed by atoms with Crippen molar-refractivity contribution in [3.8, 4) is 6.07 Å². The number of halogens is 2. The molecule has 0 aliphatic rings. The van der Waals surface area contributed by atoms with E-state index in [9.17, 15) is 8.42 Å². The predicted molar refractivity (Wildman–Crippen MR) is 84.5 cm³/mol. The summed E-state index contributed by atoms with van der Waals surface area (Å²) in [5, 5.41) is 11.9. The number of rotatable bonds is 7. The van der Waals surface area contributed by atoms with E-state index < -0.39 is 10.0 Å². The van der Waals surface area contributed by atoms with E-state index in [1.165, 1.54) is 12.1 Å². The van der Waals surface area contributed by atoms with Gasteiger partial charge in [0.25, 0.3) is 0 Å². The molecule has 1 rings (SSSR count). The first-order chi connectivity index (χ1) is 8.99. The van der Waals surface area contributed by atoms with Crippen molar-refractivity contribution in [2.75, 3.05) is 19.6 Å². The molecule has 0 amide bonds. The van der Waals surface area contributed by atoms with Gasteiger partial charge in [-0.25, -0.2) is 13.1 Å². The zero-order chi connectivity index (χ0) is 14.3. The van der Waals surface area contributed by atoms with Gasteiger partial charge in [0.1, 0.15) is 0 Å². The molecule has 2 N–H and O–H groups in total. The molecule has 0 aliphatic carbocycles. The second kappa shape index (κ2) is 9.32. The predicted octanol–water partition coefficient (Wildman–Crippen LogP) is 2.02. The summed E-state index contributed by atoms with van der Waals surface area (Å²) in [7, 11) is -3.57. The van der Waals surface area contributed by atoms with Gasteiger partial charge >= 0.3 is 0 Å². The van der Waals surface area contributed by atoms with Crippen molar-refractivity contribution in [1.82, 2.24) is 10.0 Å². The van der Waals surface area contributed by atoms with Gasteiger partial charge in [0.15, 0.2) is 0 Å². The van der Waals surface area contributed by atoms with Crippen LogP contribution in [-0.2, 0) is 10.0 Å². The molecular weight excluding hydrogens is 366 g/mol. The largest absolute Gasteiger partial charge is 0.315 e. The first-order valence-electron chi connectivity index (χ1n) is 5.90. The number of nitrogens with one attached hydrogen (secondary N) is 2. The summed E-state index contributed by atoms with van der Waals surface area (Å²) in [6.07, 6.45) is 1.00. The number of nitrogens with zero attached hydrogens (tertiary/aromatic N) is 1. The van der Waals surface area contributed by atoms with E-state index in [1.807, 2.05) is 13.0 Å². The minimum atomic E-state index is -3.57. The van der Waals surface area contributed by atoms with Crippen LogP contribution >= 0.6 is 28.3 Å². The molecule has 0 saturated carbocycles. The summed E-state index contributed by atoms with van der Waals surface area (Å²) >= 11 is 3.19. The van der Waals surface area contributed by atoms with E-state index in [2.05, 4.69) is 26.0 Å². The molecule has 5 nitrogen and oxygen atoms in total. The SMILES string of the molecule is CCCNCCNS(=O)(=O)c1cc(Br)cc(C#N)c1.Cl. The van der Waals surface area contributed by atoms with Crippen LogP contribution in [0.4, 0.5) is 0 Å². The molecule has 1 aromatic rings. The lowest BCUT2D eigenvalue weighted by molar-refractivity contribution is 0.575. The molecule has 0 saturated heterocycles. The fourth-order valence-corrected chi connectivity index (χ4v) is 3.19. The Morgan fingerprint density at radius 1 is 1.25 bits per heavy atom. The second-order valence-electron chi connectivity index (χ2n) is 3.94. The third-order valence-corrected chi connectivity index (χ3v) is 4.23. The molecule has 112 valence electrons. The first kappa shape index (κ1) is 19.4. The third kappa shape index (κ3) is 6.20. The highest BCUT2D eigenvalue weighted by Crippen LogP contribution is 2.18. The standard InChI is InChI=1S/C12H16BrN3O2S.ClH/c1-2-3-15-4-5-16-19(17,18)12-7-10(9-14)6-11(13)8-12;/h6-8,15-16H,2-5H2,1H3;1H. The Balaban J connectivity index is 0.00000361. The fraction of sp³-hybridized carbons (Fsp3) is 0.417. The van der Waals surface area contributed by atoms with Crippen LogP contribution in [0.5, 0.6) is 0 Å². The topological polar surface area (TPSA) is 82.0 Å². The minimum absolute atomic E-state index is 0. The van der Waals surface area contributed by atoms with Gasteiger partial charge in [-0.2, -0.15) is 5.26 Å². The maximum Gasteiger partial charge on any atom is 0.240 e. The van der Waals surface area contributed by atoms with Crippen molar-refractivity contribution >= 4 is 38.4 Å². The van der Waals surface area contributed by atoms with Crippen molar-refractivity contribution in [3.63, 3.8) is 0 Å². The van der Waals surface area contributed by atoms with E-state index in [-0.39, 0.29) is 17.3 Å². The van der Waals surface area contributed by atoms with Gasteiger partial charge in [-0.3, -0.25) is 0 Å². The van der Waals surface area contributed by atoms with Gasteiger partial charge in [0.2, 0.25) is 10.0 Å². The number of sulfonamides is 1. The van der Waals surface area contributed by atoms with E-state index in [4.69, 9.17) is 5.26 Å². The average molecular weight is 383 g/mol. The van der Waals surface area contributed by atoms with Gasteiger partial charge in [-0.15, -0.1) is 12.4 Å². The van der Waals surface area contributed by atoms with Crippen LogP contribution < -0.4 is 10.0 Å².